The summed E-state index contributed by atoms with van der Waals surface area (Å²) in [6.07, 6.45) is 10.2. The van der Waals surface area contributed by atoms with E-state index in [4.69, 9.17) is 0 Å². The van der Waals surface area contributed by atoms with Crippen molar-refractivity contribution in [1.82, 2.24) is 10.2 Å². The molecule has 21 heavy (non-hydrogen) atoms. The van der Waals surface area contributed by atoms with Crippen molar-refractivity contribution in [2.45, 2.75) is 71.8 Å². The normalized spacial score (nSPS) is 28.9. The third-order valence-corrected chi connectivity index (χ3v) is 6.11. The Hall–Kier alpha value is -0.0800. The topological polar surface area (TPSA) is 15.3 Å². The molecular weight excluding hydrogens is 256 g/mol. The second kappa shape index (κ2) is 6.58. The number of nitrogens with zero attached hydrogens (tertiary/aromatic N) is 1. The van der Waals surface area contributed by atoms with Crippen molar-refractivity contribution in [2.75, 3.05) is 26.2 Å². The van der Waals surface area contributed by atoms with Crippen LogP contribution in [0.25, 0.3) is 0 Å². The van der Waals surface area contributed by atoms with Gasteiger partial charge in [0.05, 0.1) is 0 Å². The molecule has 1 heterocycles. The second-order valence-electron chi connectivity index (χ2n) is 8.99. The number of likely N-dealkylation sites (tertiary alicyclic amines) is 1. The number of rotatable bonds is 6. The van der Waals surface area contributed by atoms with Crippen LogP contribution in [0, 0.1) is 23.2 Å². The molecule has 1 saturated heterocycles. The van der Waals surface area contributed by atoms with Crippen molar-refractivity contribution in [3.05, 3.63) is 0 Å². The molecule has 0 aromatic rings. The van der Waals surface area contributed by atoms with Gasteiger partial charge in [-0.1, -0.05) is 20.8 Å². The third kappa shape index (κ3) is 4.69. The zero-order chi connectivity index (χ0) is 14.9. The summed E-state index contributed by atoms with van der Waals surface area (Å²) in [5.41, 5.74) is 0.497. The summed E-state index contributed by atoms with van der Waals surface area (Å²) in [7, 11) is 0. The Morgan fingerprint density at radius 3 is 2.19 bits per heavy atom. The summed E-state index contributed by atoms with van der Waals surface area (Å²) in [6.45, 7) is 12.4. The van der Waals surface area contributed by atoms with Crippen molar-refractivity contribution < 1.29 is 0 Å². The van der Waals surface area contributed by atoms with E-state index in [9.17, 15) is 0 Å². The van der Waals surface area contributed by atoms with Crippen LogP contribution < -0.4 is 5.32 Å². The summed E-state index contributed by atoms with van der Waals surface area (Å²) in [4.78, 5) is 2.72. The molecule has 1 N–H and O–H groups in total. The molecular formula is C19H36N2. The zero-order valence-electron chi connectivity index (χ0n) is 14.5. The molecule has 0 radical (unpaired) electrons. The predicted molar refractivity (Wildman–Crippen MR) is 90.5 cm³/mol. The Bertz CT molecular complexity index is 313. The van der Waals surface area contributed by atoms with Gasteiger partial charge in [0.2, 0.25) is 0 Å². The molecule has 1 unspecified atom stereocenters. The zero-order valence-corrected chi connectivity index (χ0v) is 14.5. The van der Waals surface area contributed by atoms with E-state index in [1.807, 2.05) is 0 Å². The van der Waals surface area contributed by atoms with Gasteiger partial charge in [0.15, 0.2) is 0 Å². The van der Waals surface area contributed by atoms with Gasteiger partial charge in [0, 0.05) is 19.1 Å². The van der Waals surface area contributed by atoms with Crippen LogP contribution in [0.2, 0.25) is 0 Å². The van der Waals surface area contributed by atoms with Crippen molar-refractivity contribution in [1.29, 1.82) is 0 Å². The van der Waals surface area contributed by atoms with Gasteiger partial charge in [0.1, 0.15) is 0 Å². The van der Waals surface area contributed by atoms with Gasteiger partial charge >= 0.3 is 0 Å². The minimum atomic E-state index is 0.497. The molecule has 3 aliphatic rings. The summed E-state index contributed by atoms with van der Waals surface area (Å²) in [6, 6.07) is 0.874. The highest BCUT2D eigenvalue weighted by molar-refractivity contribution is 4.96. The first-order chi connectivity index (χ1) is 10.0. The lowest BCUT2D eigenvalue weighted by molar-refractivity contribution is 0.207. The lowest BCUT2D eigenvalue weighted by Gasteiger charge is -2.30. The van der Waals surface area contributed by atoms with Crippen LogP contribution in [-0.2, 0) is 0 Å². The predicted octanol–water partition coefficient (Wildman–Crippen LogP) is 3.91. The average molecular weight is 293 g/mol. The van der Waals surface area contributed by atoms with E-state index in [0.717, 1.165) is 23.8 Å². The molecule has 2 heteroatoms. The van der Waals surface area contributed by atoms with E-state index in [0.29, 0.717) is 5.41 Å². The highest BCUT2D eigenvalue weighted by atomic mass is 15.1. The molecule has 0 aromatic carbocycles. The maximum Gasteiger partial charge on any atom is 0.0124 e. The Balaban J connectivity index is 1.37. The molecule has 0 amide bonds. The van der Waals surface area contributed by atoms with Crippen molar-refractivity contribution in [2.24, 2.45) is 23.2 Å². The van der Waals surface area contributed by atoms with E-state index in [-0.39, 0.29) is 0 Å². The summed E-state index contributed by atoms with van der Waals surface area (Å²) in [5.74, 6) is 2.99. The first-order valence-electron chi connectivity index (χ1n) is 9.50. The maximum absolute atomic E-state index is 3.91. The van der Waals surface area contributed by atoms with Crippen molar-refractivity contribution >= 4 is 0 Å². The van der Waals surface area contributed by atoms with Crippen molar-refractivity contribution in [3.63, 3.8) is 0 Å². The lowest BCUT2D eigenvalue weighted by atomic mass is 9.77. The van der Waals surface area contributed by atoms with Gasteiger partial charge in [-0.25, -0.2) is 0 Å². The van der Waals surface area contributed by atoms with E-state index in [2.05, 4.69) is 31.0 Å². The van der Waals surface area contributed by atoms with Gasteiger partial charge < -0.3 is 10.2 Å². The third-order valence-electron chi connectivity index (χ3n) is 6.11. The fourth-order valence-corrected chi connectivity index (χ4v) is 4.26. The maximum atomic E-state index is 3.91. The van der Waals surface area contributed by atoms with Crippen LogP contribution >= 0.6 is 0 Å². The molecule has 3 rings (SSSR count). The van der Waals surface area contributed by atoms with Gasteiger partial charge in [-0.05, 0) is 81.2 Å². The first-order valence-corrected chi connectivity index (χ1v) is 9.50. The number of hydrogen-bond acceptors (Lipinski definition) is 2. The van der Waals surface area contributed by atoms with Crippen molar-refractivity contribution in [3.8, 4) is 0 Å². The van der Waals surface area contributed by atoms with Crippen LogP contribution in [0.1, 0.15) is 65.7 Å². The largest absolute Gasteiger partial charge is 0.312 e. The minimum absolute atomic E-state index is 0.497. The van der Waals surface area contributed by atoms with Crippen LogP contribution in [0.5, 0.6) is 0 Å². The second-order valence-corrected chi connectivity index (χ2v) is 8.99. The van der Waals surface area contributed by atoms with Gasteiger partial charge in [0.25, 0.3) is 0 Å². The number of hydrogen-bond donors (Lipinski definition) is 1. The number of nitrogens with one attached hydrogen (secondary N) is 1. The average Bonchev–Trinajstić information content (AvgIpc) is 3.30. The van der Waals surface area contributed by atoms with Gasteiger partial charge in [-0.2, -0.15) is 0 Å². The molecule has 0 bridgehead atoms. The first kappa shape index (κ1) is 15.8. The van der Waals surface area contributed by atoms with Crippen LogP contribution in [-0.4, -0.2) is 37.1 Å². The minimum Gasteiger partial charge on any atom is -0.312 e. The molecule has 2 aliphatic carbocycles. The fourth-order valence-electron chi connectivity index (χ4n) is 4.26. The molecule has 1 aliphatic heterocycles. The Morgan fingerprint density at radius 2 is 1.62 bits per heavy atom. The summed E-state index contributed by atoms with van der Waals surface area (Å²) < 4.78 is 0. The Kier molecular flexibility index (Phi) is 4.95. The molecule has 2 nitrogen and oxygen atoms in total. The molecule has 0 spiro atoms. The van der Waals surface area contributed by atoms with Crippen LogP contribution in [0.15, 0.2) is 0 Å². The van der Waals surface area contributed by atoms with E-state index >= 15 is 0 Å². The fraction of sp³-hybridized carbons (Fsp3) is 1.00. The molecule has 0 aromatic heterocycles. The molecule has 122 valence electrons. The summed E-state index contributed by atoms with van der Waals surface area (Å²) in [5, 5.41) is 3.91. The van der Waals surface area contributed by atoms with Gasteiger partial charge in [-0.15, -0.1) is 0 Å². The quantitative estimate of drug-likeness (QED) is 0.798. The van der Waals surface area contributed by atoms with E-state index < -0.39 is 0 Å². The highest BCUT2D eigenvalue weighted by Crippen LogP contribution is 2.44. The summed E-state index contributed by atoms with van der Waals surface area (Å²) >= 11 is 0. The molecule has 1 atom stereocenters. The van der Waals surface area contributed by atoms with Crippen LogP contribution in [0.4, 0.5) is 0 Å². The highest BCUT2D eigenvalue weighted by Gasteiger charge is 2.40. The van der Waals surface area contributed by atoms with Crippen LogP contribution in [0.3, 0.4) is 0 Å². The van der Waals surface area contributed by atoms with E-state index in [1.54, 1.807) is 0 Å². The standard InChI is InChI=1S/C19H36N2/c1-19(2,3)17-5-4-12-21(13-10-17)14-11-20-18(15-6-7-15)16-8-9-16/h15-18,20H,4-14H2,1-3H3. The SMILES string of the molecule is CC(C)(C)C1CCCN(CCNC(C2CC2)C2CC2)CC1. The lowest BCUT2D eigenvalue weighted by Crippen LogP contribution is -2.39. The Morgan fingerprint density at radius 1 is 0.952 bits per heavy atom. The monoisotopic (exact) mass is 292 g/mol. The molecule has 2 saturated carbocycles. The Labute approximate surface area is 132 Å². The smallest absolute Gasteiger partial charge is 0.0124 e. The van der Waals surface area contributed by atoms with Gasteiger partial charge in [-0.3, -0.25) is 0 Å². The van der Waals surface area contributed by atoms with E-state index in [1.165, 1.54) is 71.1 Å². The molecule has 3 fully saturated rings.